The third kappa shape index (κ3) is 7.13. The van der Waals surface area contributed by atoms with Gasteiger partial charge >= 0.3 is 0 Å². The molecule has 182 valence electrons. The lowest BCUT2D eigenvalue weighted by molar-refractivity contribution is -0.175. The second-order valence-electron chi connectivity index (χ2n) is 8.29. The molecule has 4 rings (SSSR count). The summed E-state index contributed by atoms with van der Waals surface area (Å²) in [6, 6.07) is 28.2. The van der Waals surface area contributed by atoms with Gasteiger partial charge in [-0.3, -0.25) is 0 Å². The summed E-state index contributed by atoms with van der Waals surface area (Å²) in [6.45, 7) is 0.917. The lowest BCUT2D eigenvalue weighted by atomic mass is 10.0. The predicted octanol–water partition coefficient (Wildman–Crippen LogP) is 4.77. The standard InChI is InChI=1S/C27H29N3O5/c28-30-29-24-26(33-17-21-12-6-2-7-13-21)25(23(31)19-32-16-20-10-4-1-5-11-20)35-27(24)34-18-22-14-8-3-9-15-22/h1-15,23-27,31H,16-19H2/t23-,24?,25+,26?,27-/m0/s1. The van der Waals surface area contributed by atoms with Crippen molar-refractivity contribution in [3.8, 4) is 0 Å². The van der Waals surface area contributed by atoms with E-state index in [1.807, 2.05) is 91.0 Å². The van der Waals surface area contributed by atoms with Crippen LogP contribution in [-0.2, 0) is 38.8 Å². The number of ether oxygens (including phenoxy) is 4. The van der Waals surface area contributed by atoms with Crippen molar-refractivity contribution in [2.24, 2.45) is 5.11 Å². The minimum absolute atomic E-state index is 0.0269. The van der Waals surface area contributed by atoms with Gasteiger partial charge in [-0.25, -0.2) is 0 Å². The molecule has 3 aromatic carbocycles. The summed E-state index contributed by atoms with van der Waals surface area (Å²) in [5.74, 6) is 0. The van der Waals surface area contributed by atoms with Gasteiger partial charge < -0.3 is 24.1 Å². The highest BCUT2D eigenvalue weighted by atomic mass is 16.7. The number of hydrogen-bond acceptors (Lipinski definition) is 6. The van der Waals surface area contributed by atoms with E-state index in [0.29, 0.717) is 6.61 Å². The molecule has 3 aromatic rings. The van der Waals surface area contributed by atoms with Crippen LogP contribution in [0.15, 0.2) is 96.1 Å². The predicted molar refractivity (Wildman–Crippen MR) is 130 cm³/mol. The molecule has 1 fully saturated rings. The maximum atomic E-state index is 11.0. The highest BCUT2D eigenvalue weighted by Crippen LogP contribution is 2.31. The van der Waals surface area contributed by atoms with Crippen LogP contribution < -0.4 is 0 Å². The summed E-state index contributed by atoms with van der Waals surface area (Å²) in [6.07, 6.45) is -3.41. The number of hydrogen-bond donors (Lipinski definition) is 1. The van der Waals surface area contributed by atoms with Crippen molar-refractivity contribution in [2.75, 3.05) is 6.61 Å². The van der Waals surface area contributed by atoms with E-state index in [1.54, 1.807) is 0 Å². The van der Waals surface area contributed by atoms with Crippen LogP contribution in [0.5, 0.6) is 0 Å². The molecule has 1 saturated heterocycles. The van der Waals surface area contributed by atoms with Crippen LogP contribution >= 0.6 is 0 Å². The topological polar surface area (TPSA) is 106 Å². The van der Waals surface area contributed by atoms with E-state index < -0.39 is 30.6 Å². The maximum absolute atomic E-state index is 11.0. The van der Waals surface area contributed by atoms with Gasteiger partial charge in [0.2, 0.25) is 0 Å². The molecule has 0 aliphatic carbocycles. The highest BCUT2D eigenvalue weighted by molar-refractivity contribution is 5.15. The second kappa shape index (κ2) is 13.0. The van der Waals surface area contributed by atoms with Crippen molar-refractivity contribution in [1.29, 1.82) is 0 Å². The fourth-order valence-electron chi connectivity index (χ4n) is 3.97. The zero-order valence-corrected chi connectivity index (χ0v) is 19.3. The van der Waals surface area contributed by atoms with Crippen LogP contribution in [0, 0.1) is 0 Å². The number of nitrogens with zero attached hydrogens (tertiary/aromatic N) is 3. The van der Waals surface area contributed by atoms with Crippen LogP contribution in [-0.4, -0.2) is 42.4 Å². The Balaban J connectivity index is 1.45. The molecule has 0 saturated carbocycles. The summed E-state index contributed by atoms with van der Waals surface area (Å²) in [4.78, 5) is 3.00. The molecule has 1 N–H and O–H groups in total. The van der Waals surface area contributed by atoms with Gasteiger partial charge in [-0.15, -0.1) is 0 Å². The molecule has 35 heavy (non-hydrogen) atoms. The average molecular weight is 476 g/mol. The van der Waals surface area contributed by atoms with Gasteiger partial charge in [0, 0.05) is 4.91 Å². The van der Waals surface area contributed by atoms with E-state index >= 15 is 0 Å². The Morgan fingerprint density at radius 3 is 1.86 bits per heavy atom. The second-order valence-corrected chi connectivity index (χ2v) is 8.29. The van der Waals surface area contributed by atoms with E-state index in [4.69, 9.17) is 18.9 Å². The lowest BCUT2D eigenvalue weighted by Crippen LogP contribution is -2.42. The van der Waals surface area contributed by atoms with Crippen molar-refractivity contribution < 1.29 is 24.1 Å². The normalized spacial score (nSPS) is 22.4. The molecule has 0 spiro atoms. The van der Waals surface area contributed by atoms with E-state index in [0.717, 1.165) is 16.7 Å². The zero-order valence-electron chi connectivity index (χ0n) is 19.3. The van der Waals surface area contributed by atoms with Crippen molar-refractivity contribution in [2.45, 2.75) is 50.5 Å². The Hall–Kier alpha value is -3.23. The maximum Gasteiger partial charge on any atom is 0.169 e. The molecule has 0 bridgehead atoms. The third-order valence-electron chi connectivity index (χ3n) is 5.74. The third-order valence-corrected chi connectivity index (χ3v) is 5.74. The van der Waals surface area contributed by atoms with Crippen LogP contribution in [0.2, 0.25) is 0 Å². The van der Waals surface area contributed by atoms with Gasteiger partial charge in [0.05, 0.1) is 26.4 Å². The molecule has 8 heteroatoms. The first-order chi connectivity index (χ1) is 17.2. The minimum Gasteiger partial charge on any atom is -0.388 e. The minimum atomic E-state index is -1.01. The molecule has 0 radical (unpaired) electrons. The number of aliphatic hydroxyl groups is 1. The Kier molecular flexibility index (Phi) is 9.25. The quantitative estimate of drug-likeness (QED) is 0.231. The average Bonchev–Trinajstić information content (AvgIpc) is 3.25. The number of aliphatic hydroxyl groups excluding tert-OH is 1. The molecule has 5 atom stereocenters. The highest BCUT2D eigenvalue weighted by Gasteiger charge is 2.48. The molecule has 1 aliphatic heterocycles. The van der Waals surface area contributed by atoms with Gasteiger partial charge in [0.25, 0.3) is 0 Å². The summed E-state index contributed by atoms with van der Waals surface area (Å²) in [7, 11) is 0. The lowest BCUT2D eigenvalue weighted by Gasteiger charge is -2.25. The van der Waals surface area contributed by atoms with Crippen molar-refractivity contribution >= 4 is 0 Å². The van der Waals surface area contributed by atoms with E-state index in [-0.39, 0.29) is 19.8 Å². The van der Waals surface area contributed by atoms with Gasteiger partial charge in [-0.2, -0.15) is 0 Å². The van der Waals surface area contributed by atoms with Crippen LogP contribution in [0.25, 0.3) is 10.4 Å². The Morgan fingerprint density at radius 1 is 0.800 bits per heavy atom. The fourth-order valence-corrected chi connectivity index (χ4v) is 3.97. The Labute approximate surface area is 204 Å². The van der Waals surface area contributed by atoms with Crippen LogP contribution in [0.1, 0.15) is 16.7 Å². The molecule has 1 aliphatic rings. The molecule has 1 heterocycles. The largest absolute Gasteiger partial charge is 0.388 e. The molecular weight excluding hydrogens is 446 g/mol. The van der Waals surface area contributed by atoms with Crippen molar-refractivity contribution in [3.63, 3.8) is 0 Å². The van der Waals surface area contributed by atoms with Crippen LogP contribution in [0.3, 0.4) is 0 Å². The van der Waals surface area contributed by atoms with Gasteiger partial charge in [-0.1, -0.05) is 96.1 Å². The molecule has 0 aromatic heterocycles. The first-order valence-corrected chi connectivity index (χ1v) is 11.5. The Bertz CT molecular complexity index is 1060. The van der Waals surface area contributed by atoms with E-state index in [1.165, 1.54) is 0 Å². The summed E-state index contributed by atoms with van der Waals surface area (Å²) in [5, 5.41) is 14.9. The first-order valence-electron chi connectivity index (χ1n) is 11.5. The van der Waals surface area contributed by atoms with Crippen molar-refractivity contribution in [1.82, 2.24) is 0 Å². The molecule has 8 nitrogen and oxygen atoms in total. The number of benzene rings is 3. The van der Waals surface area contributed by atoms with Gasteiger partial charge in [0.15, 0.2) is 6.29 Å². The number of azide groups is 1. The van der Waals surface area contributed by atoms with Crippen molar-refractivity contribution in [3.05, 3.63) is 118 Å². The van der Waals surface area contributed by atoms with E-state index in [2.05, 4.69) is 10.0 Å². The summed E-state index contributed by atoms with van der Waals surface area (Å²) < 4.78 is 23.9. The first kappa shape index (κ1) is 24.9. The SMILES string of the molecule is [N-]=[N+]=NC1C(OCc2ccccc2)[C@@H]([C@@H](O)COCc2ccccc2)O[C@@H]1OCc1ccccc1. The summed E-state index contributed by atoms with van der Waals surface area (Å²) in [5.41, 5.74) is 12.1. The van der Waals surface area contributed by atoms with Crippen LogP contribution in [0.4, 0.5) is 0 Å². The zero-order chi connectivity index (χ0) is 24.3. The van der Waals surface area contributed by atoms with E-state index in [9.17, 15) is 10.6 Å². The van der Waals surface area contributed by atoms with Gasteiger partial charge in [0.1, 0.15) is 24.4 Å². The monoisotopic (exact) mass is 475 g/mol. The molecule has 0 amide bonds. The smallest absolute Gasteiger partial charge is 0.169 e. The molecular formula is C27H29N3O5. The number of rotatable bonds is 12. The fraction of sp³-hybridized carbons (Fsp3) is 0.333. The van der Waals surface area contributed by atoms with Gasteiger partial charge in [-0.05, 0) is 22.2 Å². The molecule has 2 unspecified atom stereocenters. The summed E-state index contributed by atoms with van der Waals surface area (Å²) >= 11 is 0. The Morgan fingerprint density at radius 2 is 1.31 bits per heavy atom.